The van der Waals surface area contributed by atoms with Gasteiger partial charge in [0.25, 0.3) is 0 Å². The number of aliphatic carboxylic acids is 1. The third-order valence-electron chi connectivity index (χ3n) is 8.57. The topological polar surface area (TPSA) is 40.5 Å². The molecule has 0 spiro atoms. The summed E-state index contributed by atoms with van der Waals surface area (Å²) in [6, 6.07) is 7.54. The van der Waals surface area contributed by atoms with Crippen molar-refractivity contribution in [2.45, 2.75) is 102 Å². The van der Waals surface area contributed by atoms with Crippen molar-refractivity contribution >= 4 is 5.97 Å². The Morgan fingerprint density at radius 1 is 0.875 bits per heavy atom. The Morgan fingerprint density at radius 3 is 2.06 bits per heavy atom. The molecule has 3 fully saturated rings. The molecule has 0 radical (unpaired) electrons. The van der Waals surface area contributed by atoms with Gasteiger partial charge in [-0.15, -0.1) is 0 Å². The third-order valence-corrected chi connectivity index (χ3v) is 8.57. The van der Waals surface area contributed by atoms with Gasteiger partial charge in [0, 0.05) is 25.6 Å². The van der Waals surface area contributed by atoms with Crippen LogP contribution in [0.15, 0.2) is 24.3 Å². The Kier molecular flexibility index (Phi) is 8.62. The van der Waals surface area contributed by atoms with Gasteiger partial charge in [-0.3, -0.25) is 9.69 Å². The van der Waals surface area contributed by atoms with Crippen LogP contribution in [0.5, 0.6) is 0 Å². The summed E-state index contributed by atoms with van der Waals surface area (Å²) >= 11 is 0. The predicted molar refractivity (Wildman–Crippen MR) is 127 cm³/mol. The molecular formula is C28H42FNO2. The van der Waals surface area contributed by atoms with E-state index in [0.717, 1.165) is 36.7 Å². The van der Waals surface area contributed by atoms with Crippen molar-refractivity contribution < 1.29 is 14.3 Å². The van der Waals surface area contributed by atoms with E-state index >= 15 is 0 Å². The van der Waals surface area contributed by atoms with Crippen molar-refractivity contribution in [1.82, 2.24) is 4.90 Å². The second-order valence-corrected chi connectivity index (χ2v) is 11.0. The normalized spacial score (nSPS) is 28.1. The maximum Gasteiger partial charge on any atom is 0.303 e. The van der Waals surface area contributed by atoms with Crippen LogP contribution in [0, 0.1) is 23.6 Å². The van der Waals surface area contributed by atoms with E-state index in [9.17, 15) is 14.3 Å². The molecule has 1 aromatic carbocycles. The Hall–Kier alpha value is -1.42. The van der Waals surface area contributed by atoms with Crippen molar-refractivity contribution in [3.8, 4) is 0 Å². The van der Waals surface area contributed by atoms with Crippen molar-refractivity contribution in [1.29, 1.82) is 0 Å². The van der Waals surface area contributed by atoms with Gasteiger partial charge >= 0.3 is 5.97 Å². The number of hydrogen-bond acceptors (Lipinski definition) is 2. The van der Waals surface area contributed by atoms with Crippen LogP contribution in [0.4, 0.5) is 4.39 Å². The van der Waals surface area contributed by atoms with Gasteiger partial charge in [0.1, 0.15) is 5.82 Å². The van der Waals surface area contributed by atoms with Gasteiger partial charge in [0.15, 0.2) is 0 Å². The average Bonchev–Trinajstić information content (AvgIpc) is 2.80. The van der Waals surface area contributed by atoms with Gasteiger partial charge in [0.05, 0.1) is 0 Å². The average molecular weight is 444 g/mol. The molecule has 3 nitrogen and oxygen atoms in total. The van der Waals surface area contributed by atoms with E-state index in [1.165, 1.54) is 83.4 Å². The van der Waals surface area contributed by atoms with Crippen LogP contribution in [-0.2, 0) is 4.79 Å². The molecule has 3 aliphatic rings. The van der Waals surface area contributed by atoms with Crippen LogP contribution >= 0.6 is 0 Å². The fourth-order valence-corrected chi connectivity index (χ4v) is 6.95. The molecule has 178 valence electrons. The lowest BCUT2D eigenvalue weighted by atomic mass is 9.72. The first-order valence-corrected chi connectivity index (χ1v) is 13.3. The zero-order valence-electron chi connectivity index (χ0n) is 19.7. The molecule has 0 saturated heterocycles. The van der Waals surface area contributed by atoms with Crippen molar-refractivity contribution in [2.75, 3.05) is 13.1 Å². The largest absolute Gasteiger partial charge is 0.481 e. The summed E-state index contributed by atoms with van der Waals surface area (Å²) in [5.41, 5.74) is 1.07. The van der Waals surface area contributed by atoms with E-state index in [1.807, 2.05) is 6.07 Å². The number of nitrogens with zero attached hydrogens (tertiary/aromatic N) is 1. The van der Waals surface area contributed by atoms with Gasteiger partial charge < -0.3 is 5.11 Å². The fourth-order valence-electron chi connectivity index (χ4n) is 6.95. The number of benzene rings is 1. The van der Waals surface area contributed by atoms with Crippen LogP contribution in [0.25, 0.3) is 0 Å². The molecule has 1 aromatic rings. The second-order valence-electron chi connectivity index (χ2n) is 11.0. The Labute approximate surface area is 193 Å². The molecule has 0 aliphatic heterocycles. The van der Waals surface area contributed by atoms with Gasteiger partial charge in [-0.25, -0.2) is 4.39 Å². The SMILES string of the molecule is O=C(O)C[C@@H]1CC[C@@H](N(CC2CCCCC2)CC2CCCCC2)[C@H](c2cccc(F)c2)C1. The molecule has 3 saturated carbocycles. The van der Waals surface area contributed by atoms with Gasteiger partial charge in [0.2, 0.25) is 0 Å². The molecule has 32 heavy (non-hydrogen) atoms. The number of halogens is 1. The van der Waals surface area contributed by atoms with E-state index in [2.05, 4.69) is 11.0 Å². The standard InChI is InChI=1S/C28H42FNO2/c29-25-13-7-12-24(18-25)26-16-23(17-28(31)32)14-15-27(26)30(19-21-8-3-1-4-9-21)20-22-10-5-2-6-11-22/h7,12-13,18,21-23,26-27H,1-6,8-11,14-17,19-20H2,(H,31,32)/t23-,26+,27-/m1/s1. The zero-order valence-corrected chi connectivity index (χ0v) is 19.7. The molecule has 4 heteroatoms. The quantitative estimate of drug-likeness (QED) is 0.469. The fraction of sp³-hybridized carbons (Fsp3) is 0.750. The lowest BCUT2D eigenvalue weighted by Crippen LogP contribution is -2.47. The summed E-state index contributed by atoms with van der Waals surface area (Å²) in [6.07, 6.45) is 16.7. The first-order chi connectivity index (χ1) is 15.6. The van der Waals surface area contributed by atoms with E-state index in [-0.39, 0.29) is 24.1 Å². The summed E-state index contributed by atoms with van der Waals surface area (Å²) in [6.45, 7) is 2.35. The van der Waals surface area contributed by atoms with Gasteiger partial charge in [-0.1, -0.05) is 50.7 Å². The van der Waals surface area contributed by atoms with E-state index < -0.39 is 5.97 Å². The van der Waals surface area contributed by atoms with Gasteiger partial charge in [-0.05, 0) is 86.3 Å². The van der Waals surface area contributed by atoms with Crippen LogP contribution in [0.3, 0.4) is 0 Å². The molecule has 0 aromatic heterocycles. The minimum absolute atomic E-state index is 0.173. The van der Waals surface area contributed by atoms with Crippen molar-refractivity contribution in [3.05, 3.63) is 35.6 Å². The molecule has 0 amide bonds. The first kappa shape index (κ1) is 23.7. The highest BCUT2D eigenvalue weighted by atomic mass is 19.1. The van der Waals surface area contributed by atoms with Gasteiger partial charge in [-0.2, -0.15) is 0 Å². The molecule has 3 atom stereocenters. The summed E-state index contributed by atoms with van der Waals surface area (Å²) < 4.78 is 14.2. The predicted octanol–water partition coefficient (Wildman–Crippen LogP) is 7.02. The third kappa shape index (κ3) is 6.56. The molecule has 0 unspecified atom stereocenters. The monoisotopic (exact) mass is 443 g/mol. The summed E-state index contributed by atoms with van der Waals surface area (Å²) in [5.74, 6) is 1.13. The Balaban J connectivity index is 1.56. The maximum absolute atomic E-state index is 14.2. The Bertz CT molecular complexity index is 706. The summed E-state index contributed by atoms with van der Waals surface area (Å²) in [5, 5.41) is 9.40. The smallest absolute Gasteiger partial charge is 0.303 e. The zero-order chi connectivity index (χ0) is 22.3. The summed E-state index contributed by atoms with van der Waals surface area (Å²) in [7, 11) is 0. The highest BCUT2D eigenvalue weighted by molar-refractivity contribution is 5.67. The minimum atomic E-state index is -0.701. The second kappa shape index (κ2) is 11.6. The van der Waals surface area contributed by atoms with E-state index in [4.69, 9.17) is 0 Å². The highest BCUT2D eigenvalue weighted by Gasteiger charge is 2.37. The highest BCUT2D eigenvalue weighted by Crippen LogP contribution is 2.42. The first-order valence-electron chi connectivity index (χ1n) is 13.3. The Morgan fingerprint density at radius 2 is 1.50 bits per heavy atom. The number of rotatable bonds is 8. The number of hydrogen-bond donors (Lipinski definition) is 1. The van der Waals surface area contributed by atoms with Crippen LogP contribution in [0.2, 0.25) is 0 Å². The maximum atomic E-state index is 14.2. The molecule has 3 aliphatic carbocycles. The van der Waals surface area contributed by atoms with Crippen LogP contribution in [0.1, 0.15) is 101 Å². The minimum Gasteiger partial charge on any atom is -0.481 e. The molecule has 0 bridgehead atoms. The molecule has 0 heterocycles. The van der Waals surface area contributed by atoms with Crippen LogP contribution < -0.4 is 0 Å². The molecular weight excluding hydrogens is 401 g/mol. The van der Waals surface area contributed by atoms with Crippen molar-refractivity contribution in [3.63, 3.8) is 0 Å². The van der Waals surface area contributed by atoms with E-state index in [0.29, 0.717) is 6.04 Å². The van der Waals surface area contributed by atoms with Crippen LogP contribution in [-0.4, -0.2) is 35.1 Å². The molecule has 1 N–H and O–H groups in total. The summed E-state index contributed by atoms with van der Waals surface area (Å²) in [4.78, 5) is 14.2. The number of carbonyl (C=O) groups is 1. The number of carboxylic acids is 1. The molecule has 4 rings (SSSR count). The van der Waals surface area contributed by atoms with E-state index in [1.54, 1.807) is 6.07 Å². The number of carboxylic acid groups (broad SMARTS) is 1. The van der Waals surface area contributed by atoms with Crippen molar-refractivity contribution in [2.24, 2.45) is 17.8 Å². The lowest BCUT2D eigenvalue weighted by Gasteiger charge is -2.45. The lowest BCUT2D eigenvalue weighted by molar-refractivity contribution is -0.138.